The second kappa shape index (κ2) is 6.24. The summed E-state index contributed by atoms with van der Waals surface area (Å²) in [4.78, 5) is 17.2. The van der Waals surface area contributed by atoms with Gasteiger partial charge in [0.2, 0.25) is 0 Å². The van der Waals surface area contributed by atoms with Crippen molar-refractivity contribution >= 4 is 28.3 Å². The number of fused-ring (bicyclic) bond motifs is 3. The normalized spacial score (nSPS) is 11.4. The Kier molecular flexibility index (Phi) is 3.70. The van der Waals surface area contributed by atoms with Gasteiger partial charge in [-0.3, -0.25) is 9.36 Å². The van der Waals surface area contributed by atoms with Crippen LogP contribution in [0.3, 0.4) is 0 Å². The zero-order valence-corrected chi connectivity index (χ0v) is 15.5. The Bertz CT molecular complexity index is 1410. The fraction of sp³-hybridized carbons (Fsp3) is 0.0500. The van der Waals surface area contributed by atoms with Crippen LogP contribution in [-0.4, -0.2) is 29.4 Å². The molecular formula is C20H13ClN6O. The number of halogens is 1. The summed E-state index contributed by atoms with van der Waals surface area (Å²) in [6.07, 6.45) is 3.30. The molecule has 0 aliphatic heterocycles. The minimum absolute atomic E-state index is 0.223. The van der Waals surface area contributed by atoms with E-state index in [-0.39, 0.29) is 11.1 Å². The van der Waals surface area contributed by atoms with Crippen LogP contribution in [0.15, 0.2) is 65.7 Å². The minimum atomic E-state index is -0.303. The number of rotatable bonds is 2. The number of hydrogen-bond donors (Lipinski definition) is 0. The topological polar surface area (TPSA) is 78.0 Å². The maximum absolute atomic E-state index is 12.9. The fourth-order valence-electron chi connectivity index (χ4n) is 3.31. The van der Waals surface area contributed by atoms with E-state index in [1.807, 2.05) is 37.3 Å². The molecule has 0 amide bonds. The first kappa shape index (κ1) is 16.6. The Morgan fingerprint density at radius 3 is 2.71 bits per heavy atom. The van der Waals surface area contributed by atoms with E-state index in [9.17, 15) is 4.79 Å². The molecule has 8 heteroatoms. The molecule has 0 fully saturated rings. The van der Waals surface area contributed by atoms with Gasteiger partial charge in [-0.1, -0.05) is 29.8 Å². The maximum Gasteiger partial charge on any atom is 0.286 e. The van der Waals surface area contributed by atoms with E-state index in [0.717, 1.165) is 16.8 Å². The van der Waals surface area contributed by atoms with Gasteiger partial charge in [-0.15, -0.1) is 10.2 Å². The van der Waals surface area contributed by atoms with Crippen molar-refractivity contribution in [2.75, 3.05) is 0 Å². The van der Waals surface area contributed by atoms with Gasteiger partial charge in [0.1, 0.15) is 11.3 Å². The quantitative estimate of drug-likeness (QED) is 0.463. The Morgan fingerprint density at radius 2 is 1.93 bits per heavy atom. The van der Waals surface area contributed by atoms with Crippen LogP contribution in [0.5, 0.6) is 0 Å². The lowest BCUT2D eigenvalue weighted by atomic mass is 10.1. The molecule has 1 aromatic carbocycles. The maximum atomic E-state index is 12.9. The van der Waals surface area contributed by atoms with Gasteiger partial charge in [-0.2, -0.15) is 5.10 Å². The lowest BCUT2D eigenvalue weighted by Gasteiger charge is -2.06. The van der Waals surface area contributed by atoms with Crippen molar-refractivity contribution in [3.05, 3.63) is 82.0 Å². The first-order valence-corrected chi connectivity index (χ1v) is 8.96. The highest BCUT2D eigenvalue weighted by Gasteiger charge is 2.18. The van der Waals surface area contributed by atoms with Gasteiger partial charge in [0.05, 0.1) is 11.3 Å². The third kappa shape index (κ3) is 2.48. The van der Waals surface area contributed by atoms with E-state index in [4.69, 9.17) is 11.6 Å². The van der Waals surface area contributed by atoms with Crippen molar-refractivity contribution in [2.45, 2.75) is 6.92 Å². The van der Waals surface area contributed by atoms with Crippen LogP contribution in [-0.2, 0) is 0 Å². The molecule has 136 valence electrons. The molecule has 5 aromatic rings. The Labute approximate surface area is 163 Å². The molecule has 7 nitrogen and oxygen atoms in total. The molecule has 0 unspecified atom stereocenters. The van der Waals surface area contributed by atoms with Crippen LogP contribution < -0.4 is 5.56 Å². The summed E-state index contributed by atoms with van der Waals surface area (Å²) in [7, 11) is 0. The van der Waals surface area contributed by atoms with Gasteiger partial charge in [0.25, 0.3) is 5.56 Å². The van der Waals surface area contributed by atoms with Gasteiger partial charge in [-0.05, 0) is 42.8 Å². The lowest BCUT2D eigenvalue weighted by molar-refractivity contribution is 0.895. The van der Waals surface area contributed by atoms with Crippen LogP contribution in [0, 0.1) is 6.92 Å². The molecule has 0 radical (unpaired) electrons. The molecule has 4 heterocycles. The molecule has 0 bridgehead atoms. The fourth-order valence-corrected chi connectivity index (χ4v) is 3.50. The molecule has 5 rings (SSSR count). The monoisotopic (exact) mass is 388 g/mol. The summed E-state index contributed by atoms with van der Waals surface area (Å²) in [5.41, 5.74) is 3.59. The highest BCUT2D eigenvalue weighted by Crippen LogP contribution is 2.29. The van der Waals surface area contributed by atoms with Crippen molar-refractivity contribution in [3.63, 3.8) is 0 Å². The van der Waals surface area contributed by atoms with E-state index in [2.05, 4.69) is 20.3 Å². The average molecular weight is 389 g/mol. The van der Waals surface area contributed by atoms with Crippen molar-refractivity contribution < 1.29 is 0 Å². The highest BCUT2D eigenvalue weighted by atomic mass is 35.5. The number of hydrogen-bond acceptors (Lipinski definition) is 5. The third-order valence-electron chi connectivity index (χ3n) is 4.56. The number of nitrogens with zero attached hydrogens (tertiary/aromatic N) is 6. The summed E-state index contributed by atoms with van der Waals surface area (Å²) in [5, 5.41) is 13.7. The number of aromatic nitrogens is 6. The van der Waals surface area contributed by atoms with Crippen molar-refractivity contribution in [1.82, 2.24) is 29.4 Å². The van der Waals surface area contributed by atoms with Crippen LogP contribution in [0.1, 0.15) is 5.69 Å². The van der Waals surface area contributed by atoms with Gasteiger partial charge in [-0.25, -0.2) is 9.50 Å². The third-order valence-corrected chi connectivity index (χ3v) is 4.80. The smallest absolute Gasteiger partial charge is 0.266 e. The first-order chi connectivity index (χ1) is 13.6. The predicted molar refractivity (Wildman–Crippen MR) is 107 cm³/mol. The Hall–Kier alpha value is -3.58. The molecule has 28 heavy (non-hydrogen) atoms. The zero-order chi connectivity index (χ0) is 19.3. The second-order valence-corrected chi connectivity index (χ2v) is 6.76. The van der Waals surface area contributed by atoms with Crippen LogP contribution >= 0.6 is 11.6 Å². The summed E-state index contributed by atoms with van der Waals surface area (Å²) in [5.74, 6) is 0.521. The average Bonchev–Trinajstić information content (AvgIpc) is 3.05. The van der Waals surface area contributed by atoms with Crippen molar-refractivity contribution in [3.8, 4) is 16.9 Å². The number of aryl methyl sites for hydroxylation is 1. The van der Waals surface area contributed by atoms with Crippen molar-refractivity contribution in [2.24, 2.45) is 0 Å². The standard InChI is InChI=1S/C20H13ClN6O/c1-12-17(13-5-4-6-14(21)11-13)19-24-23-18-15(27(19)25-12)8-10-26(20(18)28)16-7-2-3-9-22-16/h2-11H,1H3. The van der Waals surface area contributed by atoms with Gasteiger partial charge in [0.15, 0.2) is 11.2 Å². The van der Waals surface area contributed by atoms with E-state index in [1.165, 1.54) is 4.57 Å². The molecule has 0 aliphatic rings. The van der Waals surface area contributed by atoms with E-state index in [1.54, 1.807) is 35.1 Å². The first-order valence-electron chi connectivity index (χ1n) is 8.58. The van der Waals surface area contributed by atoms with E-state index in [0.29, 0.717) is 22.0 Å². The predicted octanol–water partition coefficient (Wildman–Crippen LogP) is 3.45. The van der Waals surface area contributed by atoms with Gasteiger partial charge in [0, 0.05) is 17.4 Å². The molecule has 0 N–H and O–H groups in total. The Morgan fingerprint density at radius 1 is 1.04 bits per heavy atom. The summed E-state index contributed by atoms with van der Waals surface area (Å²) < 4.78 is 3.09. The second-order valence-electron chi connectivity index (χ2n) is 6.32. The van der Waals surface area contributed by atoms with Gasteiger partial charge >= 0.3 is 0 Å². The largest absolute Gasteiger partial charge is 0.286 e. The number of pyridine rings is 2. The van der Waals surface area contributed by atoms with Crippen LogP contribution in [0.25, 0.3) is 33.6 Å². The highest BCUT2D eigenvalue weighted by molar-refractivity contribution is 6.30. The van der Waals surface area contributed by atoms with Crippen LogP contribution in [0.2, 0.25) is 5.02 Å². The van der Waals surface area contributed by atoms with Gasteiger partial charge < -0.3 is 0 Å². The van der Waals surface area contributed by atoms with E-state index >= 15 is 0 Å². The molecule has 4 aromatic heterocycles. The molecular weight excluding hydrogens is 376 g/mol. The molecule has 0 atom stereocenters. The van der Waals surface area contributed by atoms with Crippen molar-refractivity contribution in [1.29, 1.82) is 0 Å². The minimum Gasteiger partial charge on any atom is -0.266 e. The lowest BCUT2D eigenvalue weighted by Crippen LogP contribution is -2.20. The SMILES string of the molecule is Cc1nn2c(nnc3c(=O)n(-c4ccccn4)ccc32)c1-c1cccc(Cl)c1. The zero-order valence-electron chi connectivity index (χ0n) is 14.7. The Balaban J connectivity index is 1.79. The summed E-state index contributed by atoms with van der Waals surface area (Å²) in [6.45, 7) is 1.89. The number of benzene rings is 1. The molecule has 0 spiro atoms. The van der Waals surface area contributed by atoms with E-state index < -0.39 is 0 Å². The summed E-state index contributed by atoms with van der Waals surface area (Å²) >= 11 is 6.14. The molecule has 0 aliphatic carbocycles. The summed E-state index contributed by atoms with van der Waals surface area (Å²) in [6, 6.07) is 14.7. The molecule has 0 saturated heterocycles. The molecule has 0 saturated carbocycles. The van der Waals surface area contributed by atoms with Crippen LogP contribution in [0.4, 0.5) is 0 Å².